The monoisotopic (exact) mass is 770 g/mol. The van der Waals surface area contributed by atoms with Crippen molar-refractivity contribution >= 4 is 43.4 Å². The van der Waals surface area contributed by atoms with Crippen LogP contribution < -0.4 is 8.61 Å². The summed E-state index contributed by atoms with van der Waals surface area (Å²) in [5, 5.41) is 18.4. The summed E-state index contributed by atoms with van der Waals surface area (Å²) in [7, 11) is -8.15. The van der Waals surface area contributed by atoms with Gasteiger partial charge in [0.1, 0.15) is 11.6 Å². The van der Waals surface area contributed by atoms with Crippen LogP contribution >= 0.6 is 0 Å². The van der Waals surface area contributed by atoms with Crippen molar-refractivity contribution in [1.82, 2.24) is 0 Å². The molecule has 6 aromatic rings. The minimum atomic E-state index is -4.12. The predicted molar refractivity (Wildman–Crippen MR) is 199 cm³/mol. The van der Waals surface area contributed by atoms with Crippen LogP contribution in [0.3, 0.4) is 0 Å². The fourth-order valence-electron chi connectivity index (χ4n) is 5.21. The lowest BCUT2D eigenvalue weighted by Gasteiger charge is -2.25. The van der Waals surface area contributed by atoms with E-state index in [1.54, 1.807) is 54.6 Å². The lowest BCUT2D eigenvalue weighted by atomic mass is 10.2. The van der Waals surface area contributed by atoms with Crippen molar-refractivity contribution in [2.45, 2.75) is 22.9 Å². The van der Waals surface area contributed by atoms with Crippen LogP contribution in [0.4, 0.5) is 20.2 Å². The van der Waals surface area contributed by atoms with E-state index in [4.69, 9.17) is 0 Å². The average molecular weight is 771 g/mol. The molecule has 0 fully saturated rings. The van der Waals surface area contributed by atoms with Crippen LogP contribution in [0, 0.1) is 11.6 Å². The van der Waals surface area contributed by atoms with E-state index in [9.17, 15) is 45.4 Å². The van der Waals surface area contributed by atoms with Gasteiger partial charge in [0.25, 0.3) is 20.0 Å². The number of carbonyl (C=O) groups is 2. The Balaban J connectivity index is 0.000000208. The lowest BCUT2D eigenvalue weighted by molar-refractivity contribution is 0.0686. The fraction of sp³-hybridized carbons (Fsp3) is 0.0500. The highest BCUT2D eigenvalue weighted by Gasteiger charge is 2.27. The molecule has 0 bridgehead atoms. The highest BCUT2D eigenvalue weighted by molar-refractivity contribution is 7.93. The maximum absolute atomic E-state index is 13.6. The highest BCUT2D eigenvalue weighted by Crippen LogP contribution is 2.29. The van der Waals surface area contributed by atoms with Gasteiger partial charge >= 0.3 is 11.9 Å². The molecule has 0 aliphatic heterocycles. The molecule has 0 radical (unpaired) electrons. The van der Waals surface area contributed by atoms with Crippen LogP contribution in [0.5, 0.6) is 0 Å². The van der Waals surface area contributed by atoms with E-state index >= 15 is 0 Å². The molecule has 0 aliphatic rings. The van der Waals surface area contributed by atoms with Gasteiger partial charge in [-0.2, -0.15) is 0 Å². The van der Waals surface area contributed by atoms with Gasteiger partial charge in [-0.1, -0.05) is 78.9 Å². The van der Waals surface area contributed by atoms with Gasteiger partial charge < -0.3 is 10.2 Å². The predicted octanol–water partition coefficient (Wildman–Crippen LogP) is 7.84. The molecule has 0 unspecified atom stereocenters. The Morgan fingerprint density at radius 1 is 0.463 bits per heavy atom. The van der Waals surface area contributed by atoms with Crippen LogP contribution in [0.1, 0.15) is 31.8 Å². The van der Waals surface area contributed by atoms with E-state index in [0.717, 1.165) is 38.4 Å². The molecule has 14 heteroatoms. The summed E-state index contributed by atoms with van der Waals surface area (Å²) in [6.07, 6.45) is 0. The number of carboxylic acid groups (broad SMARTS) is 2. The number of aromatic carboxylic acids is 2. The van der Waals surface area contributed by atoms with Crippen LogP contribution in [0.2, 0.25) is 0 Å². The molecule has 0 aromatic heterocycles. The second-order valence-electron chi connectivity index (χ2n) is 11.6. The first kappa shape index (κ1) is 38.8. The van der Waals surface area contributed by atoms with Crippen molar-refractivity contribution in [3.63, 3.8) is 0 Å². The number of hydrogen-bond donors (Lipinski definition) is 2. The van der Waals surface area contributed by atoms with Crippen molar-refractivity contribution in [2.75, 3.05) is 8.61 Å². The van der Waals surface area contributed by atoms with Gasteiger partial charge in [0.2, 0.25) is 0 Å². The van der Waals surface area contributed by atoms with Crippen molar-refractivity contribution in [3.8, 4) is 0 Å². The number of halogens is 2. The molecular formula is C40H32F2N2O8S2. The molecule has 0 amide bonds. The van der Waals surface area contributed by atoms with Gasteiger partial charge in [-0.3, -0.25) is 8.61 Å². The molecule has 0 spiro atoms. The number of sulfonamides is 2. The van der Waals surface area contributed by atoms with Gasteiger partial charge in [0, 0.05) is 0 Å². The number of rotatable bonds is 12. The van der Waals surface area contributed by atoms with Crippen LogP contribution in [0.15, 0.2) is 168 Å². The van der Waals surface area contributed by atoms with Gasteiger partial charge in [-0.05, 0) is 90.0 Å². The van der Waals surface area contributed by atoms with E-state index in [1.165, 1.54) is 72.8 Å². The van der Waals surface area contributed by atoms with Crippen LogP contribution in [-0.4, -0.2) is 39.0 Å². The SMILES string of the molecule is O=C(O)c1cccc(N(Cc2ccccc2)S(=O)(=O)c2ccc(F)cc2)c1.O=C(O)c1cccc(N(Cc2ccccc2)S(=O)(=O)c2cccc(F)c2)c1. The molecule has 0 atom stereocenters. The van der Waals surface area contributed by atoms with E-state index in [-0.39, 0.29) is 45.4 Å². The van der Waals surface area contributed by atoms with Crippen LogP contribution in [0.25, 0.3) is 0 Å². The first-order valence-corrected chi connectivity index (χ1v) is 18.9. The van der Waals surface area contributed by atoms with Gasteiger partial charge in [-0.15, -0.1) is 0 Å². The summed E-state index contributed by atoms with van der Waals surface area (Å²) in [5.74, 6) is -3.54. The maximum atomic E-state index is 13.6. The number of anilines is 2. The normalized spacial score (nSPS) is 11.1. The smallest absolute Gasteiger partial charge is 0.335 e. The number of carboxylic acids is 2. The second kappa shape index (κ2) is 17.0. The van der Waals surface area contributed by atoms with Gasteiger partial charge in [0.05, 0.1) is 45.4 Å². The largest absolute Gasteiger partial charge is 0.478 e. The minimum Gasteiger partial charge on any atom is -0.478 e. The molecular weight excluding hydrogens is 739 g/mol. The van der Waals surface area contributed by atoms with E-state index in [0.29, 0.717) is 5.56 Å². The molecule has 0 heterocycles. The van der Waals surface area contributed by atoms with Crippen LogP contribution in [-0.2, 0) is 33.1 Å². The number of nitrogens with zero attached hydrogens (tertiary/aromatic N) is 2. The molecule has 6 rings (SSSR count). The summed E-state index contributed by atoms with van der Waals surface area (Å²) in [5.41, 5.74) is 1.76. The van der Waals surface area contributed by atoms with Gasteiger partial charge in [-0.25, -0.2) is 35.2 Å². The third-order valence-electron chi connectivity index (χ3n) is 7.89. The summed E-state index contributed by atoms with van der Waals surface area (Å²) >= 11 is 0. The van der Waals surface area contributed by atoms with Crippen molar-refractivity contribution < 1.29 is 45.4 Å². The Kier molecular flexibility index (Phi) is 12.2. The average Bonchev–Trinajstić information content (AvgIpc) is 3.17. The standard InChI is InChI=1S/2C20H16FNO4S/c21-17-9-5-11-19(13-17)27(25,26)22(14-15-6-2-1-3-7-15)18-10-4-8-16(12-18)20(23)24;21-17-9-11-19(12-10-17)27(25,26)22(14-15-5-2-1-3-6-15)18-8-4-7-16(13-18)20(23)24/h2*1-13H,14H2,(H,23,24). The fourth-order valence-corrected chi connectivity index (χ4v) is 8.13. The molecule has 54 heavy (non-hydrogen) atoms. The number of hydrogen-bond acceptors (Lipinski definition) is 6. The maximum Gasteiger partial charge on any atom is 0.335 e. The molecule has 10 nitrogen and oxygen atoms in total. The molecule has 276 valence electrons. The van der Waals surface area contributed by atoms with Crippen molar-refractivity contribution in [3.05, 3.63) is 192 Å². The highest BCUT2D eigenvalue weighted by atomic mass is 32.2. The first-order chi connectivity index (χ1) is 25.8. The molecule has 0 saturated carbocycles. The van der Waals surface area contributed by atoms with E-state index < -0.39 is 43.6 Å². The molecule has 2 N–H and O–H groups in total. The van der Waals surface area contributed by atoms with E-state index in [2.05, 4.69) is 0 Å². The number of benzene rings is 6. The third kappa shape index (κ3) is 9.53. The Morgan fingerprint density at radius 3 is 1.31 bits per heavy atom. The van der Waals surface area contributed by atoms with Crippen molar-refractivity contribution in [1.29, 1.82) is 0 Å². The summed E-state index contributed by atoms with van der Waals surface area (Å²) in [6.45, 7) is -0.0214. The molecule has 0 saturated heterocycles. The van der Waals surface area contributed by atoms with Gasteiger partial charge in [0.15, 0.2) is 0 Å². The zero-order valence-electron chi connectivity index (χ0n) is 28.2. The first-order valence-electron chi connectivity index (χ1n) is 16.1. The lowest BCUT2D eigenvalue weighted by Crippen LogP contribution is -2.30. The summed E-state index contributed by atoms with van der Waals surface area (Å²) < 4.78 is 81.7. The summed E-state index contributed by atoms with van der Waals surface area (Å²) in [6, 6.07) is 38.3. The Morgan fingerprint density at radius 2 is 0.889 bits per heavy atom. The topological polar surface area (TPSA) is 149 Å². The zero-order valence-corrected chi connectivity index (χ0v) is 29.9. The minimum absolute atomic E-state index is 0.00359. The Bertz CT molecular complexity index is 2470. The molecule has 6 aromatic carbocycles. The quantitative estimate of drug-likeness (QED) is 0.128. The zero-order chi connectivity index (χ0) is 38.9. The Labute approximate surface area is 310 Å². The van der Waals surface area contributed by atoms with E-state index in [1.807, 2.05) is 6.07 Å². The Hall–Kier alpha value is -6.38. The molecule has 0 aliphatic carbocycles. The second-order valence-corrected chi connectivity index (χ2v) is 15.3. The van der Waals surface area contributed by atoms with Crippen molar-refractivity contribution in [2.24, 2.45) is 0 Å². The summed E-state index contributed by atoms with van der Waals surface area (Å²) in [4.78, 5) is 22.3. The third-order valence-corrected chi connectivity index (χ3v) is 11.4.